The minimum Gasteiger partial charge on any atom is -0.352 e. The fourth-order valence-electron chi connectivity index (χ4n) is 2.76. The van der Waals surface area contributed by atoms with Gasteiger partial charge in [-0.15, -0.1) is 0 Å². The van der Waals surface area contributed by atoms with Gasteiger partial charge in [-0.25, -0.2) is 8.78 Å². The molecule has 2 unspecified atom stereocenters. The van der Waals surface area contributed by atoms with Crippen molar-refractivity contribution >= 4 is 5.91 Å². The van der Waals surface area contributed by atoms with Crippen LogP contribution >= 0.6 is 0 Å². The molecule has 0 bridgehead atoms. The molecule has 3 nitrogen and oxygen atoms in total. The van der Waals surface area contributed by atoms with E-state index in [2.05, 4.69) is 5.32 Å². The van der Waals surface area contributed by atoms with Gasteiger partial charge in [-0.3, -0.25) is 4.79 Å². The van der Waals surface area contributed by atoms with E-state index in [1.807, 2.05) is 6.92 Å². The molecule has 0 saturated heterocycles. The van der Waals surface area contributed by atoms with Crippen LogP contribution in [0.3, 0.4) is 0 Å². The molecule has 1 aromatic carbocycles. The van der Waals surface area contributed by atoms with E-state index in [0.717, 1.165) is 31.7 Å². The third-order valence-electron chi connectivity index (χ3n) is 4.04. The summed E-state index contributed by atoms with van der Waals surface area (Å²) in [6.45, 7) is 1.94. The summed E-state index contributed by atoms with van der Waals surface area (Å²) in [6.07, 6.45) is 3.58. The van der Waals surface area contributed by atoms with E-state index in [9.17, 15) is 13.6 Å². The Morgan fingerprint density at radius 1 is 1.45 bits per heavy atom. The quantitative estimate of drug-likeness (QED) is 0.895. The average Bonchev–Trinajstić information content (AvgIpc) is 2.37. The van der Waals surface area contributed by atoms with E-state index in [4.69, 9.17) is 5.73 Å². The molecular formula is C15H20F2N2O. The fourth-order valence-corrected chi connectivity index (χ4v) is 2.76. The normalized spacial score (nSPS) is 26.3. The molecule has 3 N–H and O–H groups in total. The predicted octanol–water partition coefficient (Wildman–Crippen LogP) is 2.49. The monoisotopic (exact) mass is 282 g/mol. The second-order valence-electron chi connectivity index (χ2n) is 5.76. The van der Waals surface area contributed by atoms with Crippen LogP contribution in [0.5, 0.6) is 0 Å². The molecule has 2 rings (SSSR count). The van der Waals surface area contributed by atoms with Crippen molar-refractivity contribution in [2.24, 2.45) is 11.7 Å². The molecule has 20 heavy (non-hydrogen) atoms. The number of rotatable bonds is 3. The van der Waals surface area contributed by atoms with Gasteiger partial charge in [0.15, 0.2) is 0 Å². The minimum atomic E-state index is -0.649. The van der Waals surface area contributed by atoms with Gasteiger partial charge in [0, 0.05) is 23.7 Å². The number of halogens is 2. The number of carbonyl (C=O) groups excluding carboxylic acids is 1. The Labute approximate surface area is 117 Å². The number of carbonyl (C=O) groups is 1. The second kappa shape index (κ2) is 5.87. The van der Waals surface area contributed by atoms with E-state index in [1.54, 1.807) is 0 Å². The van der Waals surface area contributed by atoms with Crippen molar-refractivity contribution in [2.75, 3.05) is 0 Å². The van der Waals surface area contributed by atoms with Gasteiger partial charge in [0.1, 0.15) is 11.6 Å². The first-order chi connectivity index (χ1) is 9.40. The summed E-state index contributed by atoms with van der Waals surface area (Å²) in [5, 5.41) is 2.70. The summed E-state index contributed by atoms with van der Waals surface area (Å²) >= 11 is 0. The van der Waals surface area contributed by atoms with Gasteiger partial charge in [0.25, 0.3) is 0 Å². The first kappa shape index (κ1) is 14.9. The summed E-state index contributed by atoms with van der Waals surface area (Å²) in [4.78, 5) is 12.2. The van der Waals surface area contributed by atoms with Crippen LogP contribution in [0, 0.1) is 17.6 Å². The van der Waals surface area contributed by atoms with Crippen molar-refractivity contribution < 1.29 is 13.6 Å². The topological polar surface area (TPSA) is 55.1 Å². The Morgan fingerprint density at radius 3 is 2.85 bits per heavy atom. The van der Waals surface area contributed by atoms with E-state index >= 15 is 0 Å². The van der Waals surface area contributed by atoms with Crippen molar-refractivity contribution in [3.05, 3.63) is 35.4 Å². The highest BCUT2D eigenvalue weighted by atomic mass is 19.1. The lowest BCUT2D eigenvalue weighted by Gasteiger charge is -2.37. The molecule has 1 aliphatic carbocycles. The minimum absolute atomic E-state index is 0.0531. The number of hydrogen-bond acceptors (Lipinski definition) is 2. The van der Waals surface area contributed by atoms with Gasteiger partial charge in [-0.1, -0.05) is 18.9 Å². The van der Waals surface area contributed by atoms with Crippen molar-refractivity contribution in [3.63, 3.8) is 0 Å². The van der Waals surface area contributed by atoms with Crippen LogP contribution in [0.15, 0.2) is 18.2 Å². The van der Waals surface area contributed by atoms with Crippen LogP contribution in [-0.4, -0.2) is 11.4 Å². The molecule has 1 aromatic rings. The van der Waals surface area contributed by atoms with Gasteiger partial charge in [-0.2, -0.15) is 0 Å². The zero-order valence-corrected chi connectivity index (χ0v) is 11.6. The van der Waals surface area contributed by atoms with Crippen LogP contribution in [-0.2, 0) is 11.3 Å². The lowest BCUT2D eigenvalue weighted by molar-refractivity contribution is -0.128. The van der Waals surface area contributed by atoms with Gasteiger partial charge < -0.3 is 11.1 Å². The SMILES string of the molecule is CC1(N)CCCCC1C(=O)NCc1ccc(F)cc1F. The van der Waals surface area contributed by atoms with Gasteiger partial charge in [0.2, 0.25) is 5.91 Å². The van der Waals surface area contributed by atoms with Gasteiger partial charge >= 0.3 is 0 Å². The molecule has 1 amide bonds. The number of benzene rings is 1. The highest BCUT2D eigenvalue weighted by Gasteiger charge is 2.37. The van der Waals surface area contributed by atoms with Crippen LogP contribution < -0.4 is 11.1 Å². The summed E-state index contributed by atoms with van der Waals surface area (Å²) < 4.78 is 26.3. The Morgan fingerprint density at radius 2 is 2.20 bits per heavy atom. The number of nitrogens with one attached hydrogen (secondary N) is 1. The first-order valence-corrected chi connectivity index (χ1v) is 6.91. The fraction of sp³-hybridized carbons (Fsp3) is 0.533. The molecule has 2 atom stereocenters. The van der Waals surface area contributed by atoms with Crippen LogP contribution in [0.4, 0.5) is 8.78 Å². The van der Waals surface area contributed by atoms with Crippen molar-refractivity contribution in [2.45, 2.75) is 44.7 Å². The summed E-state index contributed by atoms with van der Waals surface area (Å²) in [5.74, 6) is -1.68. The van der Waals surface area contributed by atoms with E-state index < -0.39 is 17.2 Å². The first-order valence-electron chi connectivity index (χ1n) is 6.91. The van der Waals surface area contributed by atoms with E-state index in [0.29, 0.717) is 0 Å². The second-order valence-corrected chi connectivity index (χ2v) is 5.76. The summed E-state index contributed by atoms with van der Waals surface area (Å²) in [5.41, 5.74) is 5.92. The van der Waals surface area contributed by atoms with Crippen LogP contribution in [0.1, 0.15) is 38.2 Å². The Kier molecular flexibility index (Phi) is 4.38. The zero-order chi connectivity index (χ0) is 14.8. The molecule has 0 aromatic heterocycles. The van der Waals surface area contributed by atoms with E-state index in [-0.39, 0.29) is 23.9 Å². The standard InChI is InChI=1S/C15H20F2N2O/c1-15(18)7-3-2-4-12(15)14(20)19-9-10-5-6-11(16)8-13(10)17/h5-6,8,12H,2-4,7,9,18H2,1H3,(H,19,20). The van der Waals surface area contributed by atoms with Crippen molar-refractivity contribution in [1.82, 2.24) is 5.32 Å². The number of nitrogens with two attached hydrogens (primary N) is 1. The smallest absolute Gasteiger partial charge is 0.225 e. The molecular weight excluding hydrogens is 262 g/mol. The molecule has 0 radical (unpaired) electrons. The van der Waals surface area contributed by atoms with Crippen molar-refractivity contribution in [1.29, 1.82) is 0 Å². The summed E-state index contributed by atoms with van der Waals surface area (Å²) in [6, 6.07) is 3.33. The largest absolute Gasteiger partial charge is 0.352 e. The highest BCUT2D eigenvalue weighted by molar-refractivity contribution is 5.80. The molecule has 0 heterocycles. The Bertz CT molecular complexity index is 503. The molecule has 0 aliphatic heterocycles. The predicted molar refractivity (Wildman–Crippen MR) is 72.8 cm³/mol. The number of hydrogen-bond donors (Lipinski definition) is 2. The molecule has 1 fully saturated rings. The Hall–Kier alpha value is -1.49. The van der Waals surface area contributed by atoms with Crippen molar-refractivity contribution in [3.8, 4) is 0 Å². The lowest BCUT2D eigenvalue weighted by Crippen LogP contribution is -2.52. The third-order valence-corrected chi connectivity index (χ3v) is 4.04. The molecule has 5 heteroatoms. The van der Waals surface area contributed by atoms with E-state index in [1.165, 1.54) is 12.1 Å². The zero-order valence-electron chi connectivity index (χ0n) is 11.6. The van der Waals surface area contributed by atoms with Crippen LogP contribution in [0.2, 0.25) is 0 Å². The molecule has 1 saturated carbocycles. The average molecular weight is 282 g/mol. The van der Waals surface area contributed by atoms with Gasteiger partial charge in [-0.05, 0) is 25.8 Å². The maximum absolute atomic E-state index is 13.5. The third kappa shape index (κ3) is 3.33. The number of amides is 1. The van der Waals surface area contributed by atoms with Crippen LogP contribution in [0.25, 0.3) is 0 Å². The molecule has 0 spiro atoms. The lowest BCUT2D eigenvalue weighted by atomic mass is 9.74. The highest BCUT2D eigenvalue weighted by Crippen LogP contribution is 2.31. The Balaban J connectivity index is 1.98. The molecule has 110 valence electrons. The summed E-state index contributed by atoms with van der Waals surface area (Å²) in [7, 11) is 0. The molecule has 1 aliphatic rings. The maximum Gasteiger partial charge on any atom is 0.225 e. The van der Waals surface area contributed by atoms with Gasteiger partial charge in [0.05, 0.1) is 5.92 Å². The maximum atomic E-state index is 13.5.